The van der Waals surface area contributed by atoms with Crippen LogP contribution in [0.4, 0.5) is 60.5 Å². The zero-order valence-electron chi connectivity index (χ0n) is 72.7. The summed E-state index contributed by atoms with van der Waals surface area (Å²) in [6.07, 6.45) is 9.89. The van der Waals surface area contributed by atoms with Gasteiger partial charge in [-0.15, -0.1) is 0 Å². The number of nitrogen functional groups attached to an aromatic ring is 2. The van der Waals surface area contributed by atoms with E-state index in [4.69, 9.17) is 35.2 Å². The summed E-state index contributed by atoms with van der Waals surface area (Å²) in [5.74, 6) is -5.70. The van der Waals surface area contributed by atoms with Gasteiger partial charge in [0.25, 0.3) is 0 Å². The molecule has 133 heavy (non-hydrogen) atoms. The van der Waals surface area contributed by atoms with E-state index in [0.717, 1.165) is 100 Å². The molecule has 17 rings (SSSR count). The number of benzene rings is 8. The summed E-state index contributed by atoms with van der Waals surface area (Å²) in [4.78, 5) is 57.2. The van der Waals surface area contributed by atoms with E-state index in [0.29, 0.717) is 77.6 Å². The van der Waals surface area contributed by atoms with Gasteiger partial charge in [0.2, 0.25) is 47.3 Å². The summed E-state index contributed by atoms with van der Waals surface area (Å²) in [6.45, 7) is 9.70. The Morgan fingerprint density at radius 3 is 0.977 bits per heavy atom. The predicted octanol–water partition coefficient (Wildman–Crippen LogP) is 12.0. The number of nitro groups is 1. The van der Waals surface area contributed by atoms with Crippen LogP contribution in [0.3, 0.4) is 0 Å². The smallest absolute Gasteiger partial charge is 0.316 e. The van der Waals surface area contributed by atoms with Gasteiger partial charge in [-0.05, 0) is 133 Å². The van der Waals surface area contributed by atoms with E-state index in [-0.39, 0.29) is 182 Å². The maximum absolute atomic E-state index is 14.0. The van der Waals surface area contributed by atoms with Gasteiger partial charge in [0.05, 0.1) is 89.0 Å². The highest BCUT2D eigenvalue weighted by molar-refractivity contribution is 7.88. The molecule has 6 heterocycles. The van der Waals surface area contributed by atoms with Crippen LogP contribution in [0.25, 0.3) is 17.1 Å². The van der Waals surface area contributed by atoms with Gasteiger partial charge in [-0.1, -0.05) is 99.6 Å². The quantitative estimate of drug-likeness (QED) is 0.0119. The van der Waals surface area contributed by atoms with Gasteiger partial charge in [0.1, 0.15) is 76.7 Å². The largest absolute Gasteiger partial charge is 0.506 e. The van der Waals surface area contributed by atoms with Gasteiger partial charge >= 0.3 is 22.4 Å². The van der Waals surface area contributed by atoms with Crippen LogP contribution in [-0.4, -0.2) is 176 Å². The lowest BCUT2D eigenvalue weighted by atomic mass is 10.2. The molecule has 32 nitrogen and oxygen atoms in total. The third-order valence-corrected chi connectivity index (χ3v) is 29.4. The minimum Gasteiger partial charge on any atom is -0.506 e. The Kier molecular flexibility index (Phi) is 28.0. The molecule has 0 bridgehead atoms. The van der Waals surface area contributed by atoms with Crippen molar-refractivity contribution in [2.24, 2.45) is 16.2 Å². The molecule has 0 amide bonds. The number of aromatic nitrogens is 6. The molecule has 5 N–H and O–H groups in total. The molecule has 3 saturated carbocycles. The van der Waals surface area contributed by atoms with Gasteiger partial charge in [0.15, 0.2) is 5.75 Å². The zero-order chi connectivity index (χ0) is 94.5. The molecular formula is C92H97F6N15O17S3. The van der Waals surface area contributed by atoms with Crippen molar-refractivity contribution < 1.29 is 85.3 Å². The highest BCUT2D eigenvalue weighted by Crippen LogP contribution is 2.48. The molecule has 8 aromatic carbocycles. The molecule has 6 aliphatic rings. The first-order chi connectivity index (χ1) is 63.3. The number of nitrogens with zero attached hydrogens (tertiary/aromatic N) is 13. The van der Waals surface area contributed by atoms with E-state index in [1.54, 1.807) is 23.1 Å². The monoisotopic (exact) mass is 1890 g/mol. The number of sulfonamides is 3. The fourth-order valence-electron chi connectivity index (χ4n) is 15.1. The van der Waals surface area contributed by atoms with Crippen LogP contribution in [0, 0.1) is 61.3 Å². The van der Waals surface area contributed by atoms with Crippen LogP contribution in [0.2, 0.25) is 0 Å². The van der Waals surface area contributed by atoms with Crippen molar-refractivity contribution in [3.8, 4) is 51.6 Å². The number of anilines is 5. The molecule has 3 aromatic heterocycles. The average Bonchev–Trinajstić information content (AvgIpc) is 1.75. The van der Waals surface area contributed by atoms with Crippen molar-refractivity contribution >= 4 is 64.2 Å². The highest BCUT2D eigenvalue weighted by atomic mass is 32.2. The summed E-state index contributed by atoms with van der Waals surface area (Å²) in [5, 5.41) is 33.9. The Bertz CT molecular complexity index is 6660. The minimum absolute atomic E-state index is 0.00123. The Labute approximate surface area is 762 Å². The summed E-state index contributed by atoms with van der Waals surface area (Å²) in [6, 6.07) is 40.4. The summed E-state index contributed by atoms with van der Waals surface area (Å²) >= 11 is 0. The molecule has 0 radical (unpaired) electrons. The molecular weight excluding hydrogens is 1800 g/mol. The number of piperazine rings is 3. The lowest BCUT2D eigenvalue weighted by Crippen LogP contribution is -2.49. The Morgan fingerprint density at radius 2 is 0.677 bits per heavy atom. The van der Waals surface area contributed by atoms with Crippen LogP contribution >= 0.6 is 0 Å². The van der Waals surface area contributed by atoms with E-state index in [9.17, 15) is 81.2 Å². The number of hydrogen-bond acceptors (Lipinski definition) is 25. The Morgan fingerprint density at radius 1 is 0.383 bits per heavy atom. The standard InChI is InChI=1S/C33H33F2N5O7S.C33H35F2N5O5S.C26H29F2N5O5S/c1-33(9-10-33)22-47-31-29(19-36-39(32(31)41)27-17-25(34)16-26(35)18-27)37-11-13-38(14-12-37)48(44,45)21-24-7-8-30(28(15-24)40(42)43)46-20-23-5-3-2-4-6-23;1-33(9-10-33)22-45-31-29(19-37-40(32(31)41)27-17-25(34)16-26(35)18-27)38-11-13-39(14-12-38)46(42,43)21-24-7-8-30(28(36)15-24)44-20-23-5-3-2-4-6-23;1-26(4-5-26)16-38-24-22(14-30-33(25(24)35)20-12-18(27)11-19(28)13-20)31-6-8-32(9-7-31)39(36,37)15-17-2-3-23(34)21(29)10-17/h2-8,15-19H,9-14,20-22H2,1H3;2-8,15-19H,9-14,20-22,36H2,1H3;2-3,10-14,34H,4-9,15-16,29H2,1H3. The van der Waals surface area contributed by atoms with Gasteiger partial charge in [-0.25, -0.2) is 51.6 Å². The average molecular weight is 1900 g/mol. The zero-order valence-corrected chi connectivity index (χ0v) is 75.2. The van der Waals surface area contributed by atoms with Crippen LogP contribution in [0.15, 0.2) is 203 Å². The first kappa shape index (κ1) is 94.6. The topological polar surface area (TPSA) is 388 Å². The van der Waals surface area contributed by atoms with E-state index in [2.05, 4.69) is 22.2 Å². The van der Waals surface area contributed by atoms with Crippen LogP contribution in [0.1, 0.15) is 87.1 Å². The van der Waals surface area contributed by atoms with Gasteiger partial charge in [0, 0.05) is 119 Å². The third-order valence-electron chi connectivity index (χ3n) is 23.9. The third kappa shape index (κ3) is 23.5. The Hall–Kier alpha value is -13.1. The van der Waals surface area contributed by atoms with Crippen molar-refractivity contribution in [3.63, 3.8) is 0 Å². The number of halogens is 6. The lowest BCUT2D eigenvalue weighted by molar-refractivity contribution is -0.386. The molecule has 0 atom stereocenters. The number of ether oxygens (including phenoxy) is 5. The predicted molar refractivity (Wildman–Crippen MR) is 485 cm³/mol. The number of rotatable bonds is 31. The number of nitrogens with two attached hydrogens (primary N) is 2. The molecule has 0 unspecified atom stereocenters. The van der Waals surface area contributed by atoms with Crippen LogP contribution < -0.4 is 66.5 Å². The Balaban J connectivity index is 0.000000153. The number of phenolic OH excluding ortho intramolecular Hbond substituents is 1. The van der Waals surface area contributed by atoms with E-state index < -0.39 is 92.3 Å². The fourth-order valence-corrected chi connectivity index (χ4v) is 19.7. The molecule has 3 aliphatic carbocycles. The first-order valence-corrected chi connectivity index (χ1v) is 47.6. The van der Waals surface area contributed by atoms with Gasteiger partial charge in [-0.2, -0.15) is 42.3 Å². The first-order valence-electron chi connectivity index (χ1n) is 42.7. The van der Waals surface area contributed by atoms with Crippen molar-refractivity contribution in [2.75, 3.05) is 125 Å². The van der Waals surface area contributed by atoms with Crippen molar-refractivity contribution in [2.45, 2.75) is 89.8 Å². The molecule has 0 spiro atoms. The molecule has 3 saturated heterocycles. The van der Waals surface area contributed by atoms with Gasteiger partial charge in [-0.3, -0.25) is 24.5 Å². The van der Waals surface area contributed by atoms with Crippen molar-refractivity contribution in [3.05, 3.63) is 292 Å². The normalized spacial score (nSPS) is 16.5. The highest BCUT2D eigenvalue weighted by Gasteiger charge is 2.43. The number of hydrogen-bond donors (Lipinski definition) is 3. The van der Waals surface area contributed by atoms with E-state index in [1.807, 2.05) is 84.3 Å². The van der Waals surface area contributed by atoms with Crippen LogP contribution in [0.5, 0.6) is 34.5 Å². The maximum atomic E-state index is 14.0. The molecule has 3 aliphatic heterocycles. The number of aromatic hydroxyl groups is 1. The maximum Gasteiger partial charge on any atom is 0.316 e. The van der Waals surface area contributed by atoms with E-state index in [1.165, 1.54) is 67.9 Å². The van der Waals surface area contributed by atoms with Gasteiger partial charge < -0.3 is 55.0 Å². The molecule has 702 valence electrons. The molecule has 41 heteroatoms. The lowest BCUT2D eigenvalue weighted by Gasteiger charge is -2.35. The number of nitro benzene ring substituents is 1. The second kappa shape index (κ2) is 39.4. The second-order valence-corrected chi connectivity index (χ2v) is 40.6. The minimum atomic E-state index is -3.88. The number of phenols is 1. The molecule has 6 fully saturated rings. The summed E-state index contributed by atoms with van der Waals surface area (Å²) in [5.41, 5.74) is 13.7. The van der Waals surface area contributed by atoms with Crippen molar-refractivity contribution in [1.29, 1.82) is 0 Å². The summed E-state index contributed by atoms with van der Waals surface area (Å²) in [7, 11) is -11.3. The van der Waals surface area contributed by atoms with E-state index >= 15 is 0 Å². The SMILES string of the molecule is CC1(COc2c(N3CCN(S(=O)(=O)Cc4ccc(O)c(N)c4)CC3)cnn(-c3cc(F)cc(F)c3)c2=O)CC1.CC1(COc2c(N3CCN(S(=O)(=O)Cc4ccc(OCc5ccccc5)c(N)c4)CC3)cnn(-c3cc(F)cc(F)c3)c2=O)CC1.CC1(COc2c(N3CCN(S(=O)(=O)Cc4ccc(OCc5ccccc5)c([N+](=O)[O-])c4)CC3)cnn(-c3cc(F)cc(F)c3)c2=O)CC1. The fraction of sp³-hybridized carbons (Fsp3) is 0.348. The second-order valence-electron chi connectivity index (χ2n) is 34.7. The molecule has 11 aromatic rings. The van der Waals surface area contributed by atoms with Crippen molar-refractivity contribution in [1.82, 2.24) is 42.3 Å². The van der Waals surface area contributed by atoms with Crippen LogP contribution in [-0.2, 0) is 60.5 Å². The summed E-state index contributed by atoms with van der Waals surface area (Å²) < 4.78 is 199.